The van der Waals surface area contributed by atoms with Gasteiger partial charge in [0.15, 0.2) is 0 Å². The number of hydrogen-bond donors (Lipinski definition) is 2. The maximum Gasteiger partial charge on any atom is 0.259 e. The highest BCUT2D eigenvalue weighted by Crippen LogP contribution is 2.03. The lowest BCUT2D eigenvalue weighted by Crippen LogP contribution is -2.25. The van der Waals surface area contributed by atoms with Crippen molar-refractivity contribution in [1.29, 1.82) is 0 Å². The Balaban J connectivity index is 1.75. The molecule has 1 aromatic carbocycles. The van der Waals surface area contributed by atoms with Crippen molar-refractivity contribution >= 4 is 17.8 Å². The number of carbonyl (C=O) groups excluding carboxylic acids is 1. The number of nitrogens with one attached hydrogen (secondary N) is 2. The van der Waals surface area contributed by atoms with Crippen molar-refractivity contribution in [3.63, 3.8) is 0 Å². The molecular formula is C14H14N4O. The molecule has 1 heterocycles. The fourth-order valence-corrected chi connectivity index (χ4v) is 1.40. The second-order valence-corrected chi connectivity index (χ2v) is 3.77. The summed E-state index contributed by atoms with van der Waals surface area (Å²) in [6.07, 6.45) is 3.17. The van der Waals surface area contributed by atoms with Gasteiger partial charge < -0.3 is 5.32 Å². The predicted octanol–water partition coefficient (Wildman–Crippen LogP) is 1.64. The van der Waals surface area contributed by atoms with E-state index in [1.807, 2.05) is 42.5 Å². The quantitative estimate of drug-likeness (QED) is 0.629. The van der Waals surface area contributed by atoms with Crippen LogP contribution < -0.4 is 10.7 Å². The molecule has 2 rings (SSSR count). The van der Waals surface area contributed by atoms with Crippen LogP contribution in [0.5, 0.6) is 0 Å². The molecule has 0 spiro atoms. The van der Waals surface area contributed by atoms with Gasteiger partial charge in [-0.1, -0.05) is 24.3 Å². The van der Waals surface area contributed by atoms with E-state index >= 15 is 0 Å². The fourth-order valence-electron chi connectivity index (χ4n) is 1.40. The summed E-state index contributed by atoms with van der Waals surface area (Å²) in [4.78, 5) is 15.6. The Labute approximate surface area is 111 Å². The maximum atomic E-state index is 11.5. The van der Waals surface area contributed by atoms with Gasteiger partial charge in [0.25, 0.3) is 5.91 Å². The van der Waals surface area contributed by atoms with E-state index in [1.54, 1.807) is 12.3 Å². The summed E-state index contributed by atoms with van der Waals surface area (Å²) in [7, 11) is 0. The summed E-state index contributed by atoms with van der Waals surface area (Å²) in [6.45, 7) is 0.170. The third-order valence-electron chi connectivity index (χ3n) is 2.30. The number of nitrogens with zero attached hydrogens (tertiary/aromatic N) is 2. The SMILES string of the molecule is O=C(CNc1ccccc1)NN=Cc1ccccn1. The standard InChI is InChI=1S/C14H14N4O/c19-14(11-16-12-6-2-1-3-7-12)18-17-10-13-8-4-5-9-15-13/h1-10,16H,11H2,(H,18,19). The minimum atomic E-state index is -0.212. The van der Waals surface area contributed by atoms with Crippen LogP contribution in [0.4, 0.5) is 5.69 Å². The van der Waals surface area contributed by atoms with Crippen molar-refractivity contribution in [1.82, 2.24) is 10.4 Å². The van der Waals surface area contributed by atoms with E-state index in [-0.39, 0.29) is 12.5 Å². The topological polar surface area (TPSA) is 66.4 Å². The third kappa shape index (κ3) is 4.59. The highest BCUT2D eigenvalue weighted by molar-refractivity contribution is 5.83. The molecule has 0 fully saturated rings. The first-order valence-corrected chi connectivity index (χ1v) is 5.86. The summed E-state index contributed by atoms with van der Waals surface area (Å²) in [6, 6.07) is 15.0. The van der Waals surface area contributed by atoms with Crippen molar-refractivity contribution < 1.29 is 4.79 Å². The summed E-state index contributed by atoms with van der Waals surface area (Å²) in [5.41, 5.74) is 4.02. The van der Waals surface area contributed by atoms with Gasteiger partial charge >= 0.3 is 0 Å². The van der Waals surface area contributed by atoms with Crippen molar-refractivity contribution in [3.05, 3.63) is 60.4 Å². The molecule has 5 nitrogen and oxygen atoms in total. The molecule has 96 valence electrons. The minimum absolute atomic E-state index is 0.170. The molecule has 0 aliphatic rings. The Morgan fingerprint density at radius 3 is 2.68 bits per heavy atom. The Hall–Kier alpha value is -2.69. The molecule has 19 heavy (non-hydrogen) atoms. The lowest BCUT2D eigenvalue weighted by molar-refractivity contribution is -0.119. The van der Waals surface area contributed by atoms with E-state index < -0.39 is 0 Å². The zero-order chi connectivity index (χ0) is 13.3. The van der Waals surface area contributed by atoms with Gasteiger partial charge in [-0.25, -0.2) is 5.43 Å². The number of aromatic nitrogens is 1. The molecule has 0 saturated carbocycles. The number of pyridine rings is 1. The van der Waals surface area contributed by atoms with Gasteiger partial charge in [-0.15, -0.1) is 0 Å². The molecule has 5 heteroatoms. The monoisotopic (exact) mass is 254 g/mol. The molecule has 0 aliphatic carbocycles. The minimum Gasteiger partial charge on any atom is -0.376 e. The molecule has 0 bridgehead atoms. The van der Waals surface area contributed by atoms with E-state index in [2.05, 4.69) is 20.8 Å². The van der Waals surface area contributed by atoms with E-state index in [0.29, 0.717) is 5.69 Å². The molecule has 0 unspecified atom stereocenters. The van der Waals surface area contributed by atoms with Crippen molar-refractivity contribution in [2.24, 2.45) is 5.10 Å². The molecule has 0 atom stereocenters. The zero-order valence-corrected chi connectivity index (χ0v) is 10.3. The van der Waals surface area contributed by atoms with Gasteiger partial charge in [-0.05, 0) is 24.3 Å². The Morgan fingerprint density at radius 2 is 1.95 bits per heavy atom. The second kappa shape index (κ2) is 6.90. The van der Waals surface area contributed by atoms with Crippen molar-refractivity contribution in [2.75, 3.05) is 11.9 Å². The van der Waals surface area contributed by atoms with Gasteiger partial charge in [-0.3, -0.25) is 9.78 Å². The number of anilines is 1. The zero-order valence-electron chi connectivity index (χ0n) is 10.3. The van der Waals surface area contributed by atoms with Gasteiger partial charge in [0.2, 0.25) is 0 Å². The predicted molar refractivity (Wildman–Crippen MR) is 74.9 cm³/mol. The van der Waals surface area contributed by atoms with Gasteiger partial charge in [0.05, 0.1) is 18.5 Å². The van der Waals surface area contributed by atoms with Crippen molar-refractivity contribution in [2.45, 2.75) is 0 Å². The van der Waals surface area contributed by atoms with Crippen LogP contribution in [-0.4, -0.2) is 23.7 Å². The van der Waals surface area contributed by atoms with Crippen molar-refractivity contribution in [3.8, 4) is 0 Å². The number of carbonyl (C=O) groups is 1. The first-order valence-electron chi connectivity index (χ1n) is 5.86. The van der Waals surface area contributed by atoms with Gasteiger partial charge in [0.1, 0.15) is 0 Å². The summed E-state index contributed by atoms with van der Waals surface area (Å²) < 4.78 is 0. The average Bonchev–Trinajstić information content (AvgIpc) is 2.47. The summed E-state index contributed by atoms with van der Waals surface area (Å²) in [5.74, 6) is -0.212. The van der Waals surface area contributed by atoms with Crippen LogP contribution in [0.25, 0.3) is 0 Å². The Morgan fingerprint density at radius 1 is 1.16 bits per heavy atom. The highest BCUT2D eigenvalue weighted by atomic mass is 16.2. The Bertz CT molecular complexity index is 540. The van der Waals surface area contributed by atoms with E-state index in [4.69, 9.17) is 0 Å². The molecular weight excluding hydrogens is 240 g/mol. The number of hydrazone groups is 1. The molecule has 0 saturated heterocycles. The number of hydrogen-bond acceptors (Lipinski definition) is 4. The molecule has 0 aliphatic heterocycles. The smallest absolute Gasteiger partial charge is 0.259 e. The molecule has 2 aromatic rings. The van der Waals surface area contributed by atoms with E-state index in [9.17, 15) is 4.79 Å². The molecule has 0 radical (unpaired) electrons. The molecule has 1 aromatic heterocycles. The lowest BCUT2D eigenvalue weighted by atomic mass is 10.3. The van der Waals surface area contributed by atoms with Crippen LogP contribution in [-0.2, 0) is 4.79 Å². The maximum absolute atomic E-state index is 11.5. The van der Waals surface area contributed by atoms with Crippen LogP contribution in [0.15, 0.2) is 59.8 Å². The first kappa shape index (κ1) is 12.8. The Kier molecular flexibility index (Phi) is 4.64. The highest BCUT2D eigenvalue weighted by Gasteiger charge is 1.98. The summed E-state index contributed by atoms with van der Waals surface area (Å²) >= 11 is 0. The van der Waals surface area contributed by atoms with Crippen LogP contribution >= 0.6 is 0 Å². The molecule has 2 N–H and O–H groups in total. The van der Waals surface area contributed by atoms with E-state index in [0.717, 1.165) is 5.69 Å². The number of para-hydroxylation sites is 1. The van der Waals surface area contributed by atoms with E-state index in [1.165, 1.54) is 6.21 Å². The number of benzene rings is 1. The normalized spacial score (nSPS) is 10.3. The van der Waals surface area contributed by atoms with Gasteiger partial charge in [0, 0.05) is 11.9 Å². The average molecular weight is 254 g/mol. The number of amides is 1. The first-order chi connectivity index (χ1) is 9.34. The fraction of sp³-hybridized carbons (Fsp3) is 0.0714. The van der Waals surface area contributed by atoms with Crippen LogP contribution in [0, 0.1) is 0 Å². The molecule has 1 amide bonds. The largest absolute Gasteiger partial charge is 0.376 e. The van der Waals surface area contributed by atoms with Crippen LogP contribution in [0.3, 0.4) is 0 Å². The summed E-state index contributed by atoms with van der Waals surface area (Å²) in [5, 5.41) is 6.82. The van der Waals surface area contributed by atoms with Crippen LogP contribution in [0.1, 0.15) is 5.69 Å². The van der Waals surface area contributed by atoms with Gasteiger partial charge in [-0.2, -0.15) is 5.10 Å². The second-order valence-electron chi connectivity index (χ2n) is 3.77. The third-order valence-corrected chi connectivity index (χ3v) is 2.30. The van der Waals surface area contributed by atoms with Crippen LogP contribution in [0.2, 0.25) is 0 Å². The lowest BCUT2D eigenvalue weighted by Gasteiger charge is -2.04. The number of rotatable bonds is 5.